The van der Waals surface area contributed by atoms with E-state index in [-0.39, 0.29) is 22.7 Å². The van der Waals surface area contributed by atoms with Crippen molar-refractivity contribution in [2.45, 2.75) is 26.2 Å². The van der Waals surface area contributed by atoms with Gasteiger partial charge < -0.3 is 20.1 Å². The Morgan fingerprint density at radius 3 is 2.74 bits per heavy atom. The van der Waals surface area contributed by atoms with Gasteiger partial charge in [0.05, 0.1) is 23.8 Å². The number of unbranched alkanes of at least 4 members (excludes halogenated alkanes) is 1. The van der Waals surface area contributed by atoms with E-state index in [4.69, 9.17) is 14.7 Å². The van der Waals surface area contributed by atoms with Crippen molar-refractivity contribution < 1.29 is 19.2 Å². The molecular weight excluding hydrogens is 352 g/mol. The molecule has 2 N–H and O–H groups in total. The second kappa shape index (κ2) is 12.3. The minimum Gasteiger partial charge on any atom is -0.494 e. The molecule has 0 aliphatic heterocycles. The zero-order valence-corrected chi connectivity index (χ0v) is 15.5. The number of benzene rings is 1. The van der Waals surface area contributed by atoms with Crippen molar-refractivity contribution in [2.24, 2.45) is 0 Å². The third-order valence-electron chi connectivity index (χ3n) is 3.51. The lowest BCUT2D eigenvalue weighted by atomic mass is 10.2. The fourth-order valence-electron chi connectivity index (χ4n) is 2.03. The van der Waals surface area contributed by atoms with Gasteiger partial charge in [0.1, 0.15) is 17.4 Å². The molecule has 27 heavy (non-hydrogen) atoms. The van der Waals surface area contributed by atoms with Crippen molar-refractivity contribution in [3.05, 3.63) is 40.1 Å². The maximum absolute atomic E-state index is 12.2. The number of rotatable bonds is 12. The Labute approximate surface area is 158 Å². The number of nitro benzene ring substituents is 1. The minimum absolute atomic E-state index is 0.123. The quantitative estimate of drug-likeness (QED) is 0.189. The van der Waals surface area contributed by atoms with Crippen LogP contribution in [0, 0.1) is 21.4 Å². The normalized spacial score (nSPS) is 10.8. The zero-order chi connectivity index (χ0) is 20.1. The molecule has 1 amide bonds. The number of nitro groups is 1. The van der Waals surface area contributed by atoms with Crippen LogP contribution >= 0.6 is 0 Å². The van der Waals surface area contributed by atoms with E-state index in [2.05, 4.69) is 17.6 Å². The number of nitriles is 1. The zero-order valence-electron chi connectivity index (χ0n) is 15.5. The third-order valence-corrected chi connectivity index (χ3v) is 3.51. The van der Waals surface area contributed by atoms with Crippen molar-refractivity contribution in [2.75, 3.05) is 32.2 Å². The molecule has 0 atom stereocenters. The van der Waals surface area contributed by atoms with Gasteiger partial charge in [0.2, 0.25) is 0 Å². The molecule has 0 saturated carbocycles. The number of anilines is 1. The molecule has 9 nitrogen and oxygen atoms in total. The molecule has 0 fully saturated rings. The average Bonchev–Trinajstić information content (AvgIpc) is 2.66. The summed E-state index contributed by atoms with van der Waals surface area (Å²) in [5, 5.41) is 25.4. The summed E-state index contributed by atoms with van der Waals surface area (Å²) in [5.41, 5.74) is -0.0513. The predicted octanol–water partition coefficient (Wildman–Crippen LogP) is 2.75. The van der Waals surface area contributed by atoms with Gasteiger partial charge >= 0.3 is 0 Å². The van der Waals surface area contributed by atoms with E-state index in [0.717, 1.165) is 25.9 Å². The van der Waals surface area contributed by atoms with Gasteiger partial charge in [-0.3, -0.25) is 14.9 Å². The van der Waals surface area contributed by atoms with Gasteiger partial charge in [0.15, 0.2) is 0 Å². The lowest BCUT2D eigenvalue weighted by Crippen LogP contribution is -2.18. The highest BCUT2D eigenvalue weighted by Gasteiger charge is 2.15. The van der Waals surface area contributed by atoms with Crippen molar-refractivity contribution in [1.82, 2.24) is 5.32 Å². The van der Waals surface area contributed by atoms with Crippen molar-refractivity contribution >= 4 is 17.3 Å². The summed E-state index contributed by atoms with van der Waals surface area (Å²) < 4.78 is 10.5. The first-order chi connectivity index (χ1) is 13.0. The lowest BCUT2D eigenvalue weighted by Gasteiger charge is -2.09. The number of non-ortho nitro benzene ring substituents is 1. The summed E-state index contributed by atoms with van der Waals surface area (Å²) in [6, 6.07) is 5.60. The van der Waals surface area contributed by atoms with E-state index < -0.39 is 10.8 Å². The first kappa shape index (κ1) is 21.9. The Balaban J connectivity index is 2.58. The SMILES string of the molecule is CCCCOCCCN/C=C(/C#N)C(=O)Nc1ccc([N+](=O)[O-])cc1OC. The number of carbonyl (C=O) groups excluding carboxylic acids is 1. The molecule has 1 aromatic carbocycles. The van der Waals surface area contributed by atoms with Crippen LogP contribution in [0.15, 0.2) is 30.0 Å². The highest BCUT2D eigenvalue weighted by molar-refractivity contribution is 6.07. The van der Waals surface area contributed by atoms with Crippen LogP contribution in [0.4, 0.5) is 11.4 Å². The number of nitrogens with one attached hydrogen (secondary N) is 2. The number of ether oxygens (including phenoxy) is 2. The summed E-state index contributed by atoms with van der Waals surface area (Å²) in [6.07, 6.45) is 4.19. The molecule has 0 aromatic heterocycles. The first-order valence-corrected chi connectivity index (χ1v) is 8.58. The fourth-order valence-corrected chi connectivity index (χ4v) is 2.03. The van der Waals surface area contributed by atoms with Crippen LogP contribution in [0.5, 0.6) is 5.75 Å². The van der Waals surface area contributed by atoms with Crippen LogP contribution in [0.2, 0.25) is 0 Å². The average molecular weight is 376 g/mol. The minimum atomic E-state index is -0.642. The summed E-state index contributed by atoms with van der Waals surface area (Å²) in [4.78, 5) is 22.4. The van der Waals surface area contributed by atoms with Crippen molar-refractivity contribution in [1.29, 1.82) is 5.26 Å². The van der Waals surface area contributed by atoms with Crippen LogP contribution in [-0.2, 0) is 9.53 Å². The Bertz CT molecular complexity index is 712. The van der Waals surface area contributed by atoms with Crippen LogP contribution in [0.1, 0.15) is 26.2 Å². The summed E-state index contributed by atoms with van der Waals surface area (Å²) in [7, 11) is 1.33. The van der Waals surface area contributed by atoms with E-state index in [0.29, 0.717) is 13.2 Å². The van der Waals surface area contributed by atoms with Gasteiger partial charge in [-0.05, 0) is 18.9 Å². The molecular formula is C18H24N4O5. The monoisotopic (exact) mass is 376 g/mol. The van der Waals surface area contributed by atoms with Crippen LogP contribution in [0.3, 0.4) is 0 Å². The standard InChI is InChI=1S/C18H24N4O5/c1-3-4-9-27-10-5-8-20-13-14(12-19)18(23)21-16-7-6-15(22(24)25)11-17(16)26-2/h6-7,11,13,20H,3-5,8-10H2,1-2H3,(H,21,23)/b14-13-. The molecule has 146 valence electrons. The largest absolute Gasteiger partial charge is 0.494 e. The van der Waals surface area contributed by atoms with Gasteiger partial charge in [-0.1, -0.05) is 13.3 Å². The number of carbonyl (C=O) groups is 1. The lowest BCUT2D eigenvalue weighted by molar-refractivity contribution is -0.384. The molecule has 1 rings (SSSR count). The number of hydrogen-bond acceptors (Lipinski definition) is 7. The molecule has 0 bridgehead atoms. The number of hydrogen-bond donors (Lipinski definition) is 2. The van der Waals surface area contributed by atoms with E-state index in [9.17, 15) is 14.9 Å². The van der Waals surface area contributed by atoms with E-state index in [1.807, 2.05) is 6.07 Å². The Kier molecular flexibility index (Phi) is 9.96. The van der Waals surface area contributed by atoms with Gasteiger partial charge in [-0.15, -0.1) is 0 Å². The molecule has 0 spiro atoms. The number of nitrogens with zero attached hydrogens (tertiary/aromatic N) is 2. The van der Waals surface area contributed by atoms with E-state index >= 15 is 0 Å². The van der Waals surface area contributed by atoms with Gasteiger partial charge in [0, 0.05) is 32.0 Å². The smallest absolute Gasteiger partial charge is 0.273 e. The fraction of sp³-hybridized carbons (Fsp3) is 0.444. The molecule has 9 heteroatoms. The molecule has 0 aliphatic carbocycles. The molecule has 0 unspecified atom stereocenters. The van der Waals surface area contributed by atoms with E-state index in [1.54, 1.807) is 0 Å². The summed E-state index contributed by atoms with van der Waals surface area (Å²) in [6.45, 7) is 3.99. The van der Waals surface area contributed by atoms with Crippen LogP contribution < -0.4 is 15.4 Å². The molecule has 0 radical (unpaired) electrons. The maximum Gasteiger partial charge on any atom is 0.273 e. The van der Waals surface area contributed by atoms with E-state index in [1.165, 1.54) is 31.5 Å². The molecule has 1 aromatic rings. The van der Waals surface area contributed by atoms with Crippen LogP contribution in [-0.4, -0.2) is 37.7 Å². The Morgan fingerprint density at radius 1 is 1.37 bits per heavy atom. The Hall–Kier alpha value is -3.12. The van der Waals surface area contributed by atoms with Gasteiger partial charge in [-0.2, -0.15) is 5.26 Å². The highest BCUT2D eigenvalue weighted by atomic mass is 16.6. The summed E-state index contributed by atoms with van der Waals surface area (Å²) in [5.74, 6) is -0.511. The van der Waals surface area contributed by atoms with Gasteiger partial charge in [0.25, 0.3) is 11.6 Å². The van der Waals surface area contributed by atoms with Crippen molar-refractivity contribution in [3.63, 3.8) is 0 Å². The topological polar surface area (TPSA) is 127 Å². The second-order valence-corrected chi connectivity index (χ2v) is 5.54. The van der Waals surface area contributed by atoms with Crippen LogP contribution in [0.25, 0.3) is 0 Å². The Morgan fingerprint density at radius 2 is 2.11 bits per heavy atom. The number of amides is 1. The first-order valence-electron chi connectivity index (χ1n) is 8.58. The predicted molar refractivity (Wildman–Crippen MR) is 100 cm³/mol. The molecule has 0 aliphatic rings. The third kappa shape index (κ3) is 7.75. The highest BCUT2D eigenvalue weighted by Crippen LogP contribution is 2.29. The molecule has 0 saturated heterocycles. The van der Waals surface area contributed by atoms with Crippen molar-refractivity contribution in [3.8, 4) is 11.8 Å². The van der Waals surface area contributed by atoms with Gasteiger partial charge in [-0.25, -0.2) is 0 Å². The summed E-state index contributed by atoms with van der Waals surface area (Å²) >= 11 is 0. The second-order valence-electron chi connectivity index (χ2n) is 5.54. The maximum atomic E-state index is 12.2. The molecule has 0 heterocycles. The number of methoxy groups -OCH3 is 1.